The van der Waals surface area contributed by atoms with Crippen molar-refractivity contribution < 1.29 is 17.9 Å². The van der Waals surface area contributed by atoms with Gasteiger partial charge in [0.15, 0.2) is 0 Å². The summed E-state index contributed by atoms with van der Waals surface area (Å²) in [5, 5.41) is 2.91. The Morgan fingerprint density at radius 2 is 1.81 bits per heavy atom. The first-order valence-electron chi connectivity index (χ1n) is 10.7. The van der Waals surface area contributed by atoms with Gasteiger partial charge in [-0.15, -0.1) is 0 Å². The number of nitrogens with one attached hydrogen (secondary N) is 1. The second kappa shape index (κ2) is 9.04. The van der Waals surface area contributed by atoms with E-state index in [1.807, 2.05) is 26.0 Å². The fourth-order valence-corrected chi connectivity index (χ4v) is 5.40. The number of carbonyl (C=O) groups is 1. The van der Waals surface area contributed by atoms with Gasteiger partial charge in [-0.05, 0) is 74.7 Å². The Morgan fingerprint density at radius 1 is 1.06 bits per heavy atom. The number of anilines is 2. The number of para-hydroxylation sites is 1. The van der Waals surface area contributed by atoms with Gasteiger partial charge in [0.1, 0.15) is 5.75 Å². The van der Waals surface area contributed by atoms with Crippen LogP contribution in [0.25, 0.3) is 0 Å². The highest BCUT2D eigenvalue weighted by molar-refractivity contribution is 7.92. The Balaban J connectivity index is 1.60. The van der Waals surface area contributed by atoms with E-state index in [1.165, 1.54) is 4.31 Å². The van der Waals surface area contributed by atoms with Gasteiger partial charge in [0.25, 0.3) is 15.9 Å². The molecule has 1 aliphatic heterocycles. The number of rotatable bonds is 6. The molecule has 1 N–H and O–H groups in total. The van der Waals surface area contributed by atoms with Gasteiger partial charge in [0, 0.05) is 12.2 Å². The van der Waals surface area contributed by atoms with E-state index < -0.39 is 10.0 Å². The molecule has 0 bridgehead atoms. The Labute approximate surface area is 188 Å². The summed E-state index contributed by atoms with van der Waals surface area (Å²) in [6, 6.07) is 19.3. The van der Waals surface area contributed by atoms with Crippen LogP contribution in [0.4, 0.5) is 11.4 Å². The molecule has 0 unspecified atom stereocenters. The second-order valence-corrected chi connectivity index (χ2v) is 9.58. The maximum absolute atomic E-state index is 13.3. The Kier molecular flexibility index (Phi) is 6.19. The van der Waals surface area contributed by atoms with Crippen LogP contribution >= 0.6 is 0 Å². The Hall–Kier alpha value is -3.32. The average Bonchev–Trinajstić information content (AvgIpc) is 2.79. The third-order valence-corrected chi connectivity index (χ3v) is 7.28. The van der Waals surface area contributed by atoms with Gasteiger partial charge in [-0.1, -0.05) is 29.8 Å². The lowest BCUT2D eigenvalue weighted by Gasteiger charge is -2.31. The number of carbonyl (C=O) groups excluding carboxylic acids is 1. The van der Waals surface area contributed by atoms with Crippen molar-refractivity contribution in [1.82, 2.24) is 0 Å². The minimum Gasteiger partial charge on any atom is -0.493 e. The lowest BCUT2D eigenvalue weighted by molar-refractivity contribution is 0.102. The van der Waals surface area contributed by atoms with Crippen LogP contribution in [-0.4, -0.2) is 27.5 Å². The van der Waals surface area contributed by atoms with Gasteiger partial charge < -0.3 is 10.1 Å². The quantitative estimate of drug-likeness (QED) is 0.586. The number of hydrogen-bond donors (Lipinski definition) is 1. The highest BCUT2D eigenvalue weighted by Gasteiger charge is 2.29. The van der Waals surface area contributed by atoms with Crippen molar-refractivity contribution in [1.29, 1.82) is 0 Å². The maximum Gasteiger partial charge on any atom is 0.264 e. The summed E-state index contributed by atoms with van der Waals surface area (Å²) in [4.78, 5) is 13.1. The zero-order valence-corrected chi connectivity index (χ0v) is 19.0. The molecular formula is C25H26N2O4S. The molecule has 0 saturated heterocycles. The van der Waals surface area contributed by atoms with Gasteiger partial charge in [0.05, 0.1) is 22.8 Å². The van der Waals surface area contributed by atoms with Gasteiger partial charge in [0.2, 0.25) is 0 Å². The van der Waals surface area contributed by atoms with Crippen LogP contribution in [0.3, 0.4) is 0 Å². The molecule has 32 heavy (non-hydrogen) atoms. The van der Waals surface area contributed by atoms with Crippen molar-refractivity contribution in [2.24, 2.45) is 0 Å². The number of nitrogens with zero attached hydrogens (tertiary/aromatic N) is 1. The predicted octanol–water partition coefficient (Wildman–Crippen LogP) is 4.79. The standard InChI is InChI=1S/C25H26N2O4S/c1-3-31-24-9-5-4-8-22(24)25(28)26-20-12-15-23-19(17-20)7-6-16-27(23)32(29,30)21-13-10-18(2)11-14-21/h4-5,8-15,17H,3,6-7,16H2,1-2H3,(H,26,28). The smallest absolute Gasteiger partial charge is 0.264 e. The van der Waals surface area contributed by atoms with Gasteiger partial charge in [-0.2, -0.15) is 0 Å². The van der Waals surface area contributed by atoms with Crippen LogP contribution in [0, 0.1) is 6.92 Å². The van der Waals surface area contributed by atoms with Crippen molar-refractivity contribution in [2.45, 2.75) is 31.6 Å². The third kappa shape index (κ3) is 4.34. The van der Waals surface area contributed by atoms with Crippen LogP contribution in [0.5, 0.6) is 5.75 Å². The number of aryl methyl sites for hydroxylation is 2. The molecule has 0 spiro atoms. The van der Waals surface area contributed by atoms with E-state index in [2.05, 4.69) is 5.32 Å². The lowest BCUT2D eigenvalue weighted by atomic mass is 10.0. The predicted molar refractivity (Wildman–Crippen MR) is 126 cm³/mol. The molecule has 1 amide bonds. The van der Waals surface area contributed by atoms with E-state index >= 15 is 0 Å². The largest absolute Gasteiger partial charge is 0.493 e. The van der Waals surface area contributed by atoms with E-state index in [0.717, 1.165) is 17.5 Å². The van der Waals surface area contributed by atoms with E-state index in [1.54, 1.807) is 54.6 Å². The van der Waals surface area contributed by atoms with Crippen LogP contribution in [-0.2, 0) is 16.4 Å². The van der Waals surface area contributed by atoms with E-state index in [-0.39, 0.29) is 10.8 Å². The SMILES string of the molecule is CCOc1ccccc1C(=O)Nc1ccc2c(c1)CCCN2S(=O)(=O)c1ccc(C)cc1. The molecular weight excluding hydrogens is 424 g/mol. The lowest BCUT2D eigenvalue weighted by Crippen LogP contribution is -2.35. The highest BCUT2D eigenvalue weighted by Crippen LogP contribution is 2.34. The van der Waals surface area contributed by atoms with E-state index in [4.69, 9.17) is 4.74 Å². The number of amides is 1. The minimum atomic E-state index is -3.65. The maximum atomic E-state index is 13.3. The first-order chi connectivity index (χ1) is 15.4. The molecule has 1 aliphatic rings. The molecule has 3 aromatic rings. The molecule has 0 saturated carbocycles. The molecule has 0 fully saturated rings. The minimum absolute atomic E-state index is 0.269. The topological polar surface area (TPSA) is 75.7 Å². The van der Waals surface area contributed by atoms with Crippen LogP contribution < -0.4 is 14.4 Å². The normalized spacial score (nSPS) is 13.4. The van der Waals surface area contributed by atoms with Crippen LogP contribution in [0.15, 0.2) is 71.6 Å². The van der Waals surface area contributed by atoms with Gasteiger partial charge in [-0.3, -0.25) is 9.10 Å². The summed E-state index contributed by atoms with van der Waals surface area (Å²) >= 11 is 0. The summed E-state index contributed by atoms with van der Waals surface area (Å²) in [5.74, 6) is 0.259. The monoisotopic (exact) mass is 450 g/mol. The molecule has 0 radical (unpaired) electrons. The molecule has 0 atom stereocenters. The first kappa shape index (κ1) is 21.9. The number of hydrogen-bond acceptors (Lipinski definition) is 4. The average molecular weight is 451 g/mol. The second-order valence-electron chi connectivity index (χ2n) is 7.72. The Bertz CT molecular complexity index is 1240. The number of fused-ring (bicyclic) bond motifs is 1. The summed E-state index contributed by atoms with van der Waals surface area (Å²) in [7, 11) is -3.65. The van der Waals surface area contributed by atoms with E-state index in [9.17, 15) is 13.2 Å². The van der Waals surface area contributed by atoms with Crippen LogP contribution in [0.2, 0.25) is 0 Å². The molecule has 4 rings (SSSR count). The zero-order chi connectivity index (χ0) is 22.7. The van der Waals surface area contributed by atoms with Crippen molar-refractivity contribution >= 4 is 27.3 Å². The molecule has 3 aromatic carbocycles. The number of sulfonamides is 1. The van der Waals surface area contributed by atoms with Gasteiger partial charge in [-0.25, -0.2) is 8.42 Å². The molecule has 0 aromatic heterocycles. The molecule has 6 nitrogen and oxygen atoms in total. The van der Waals surface area contributed by atoms with Crippen molar-refractivity contribution in [2.75, 3.05) is 22.8 Å². The number of benzene rings is 3. The summed E-state index contributed by atoms with van der Waals surface area (Å²) in [6.07, 6.45) is 1.46. The first-order valence-corrected chi connectivity index (χ1v) is 12.1. The van der Waals surface area contributed by atoms with Crippen LogP contribution in [0.1, 0.15) is 34.8 Å². The fraction of sp³-hybridized carbons (Fsp3) is 0.240. The van der Waals surface area contributed by atoms with Crippen molar-refractivity contribution in [3.05, 3.63) is 83.4 Å². The van der Waals surface area contributed by atoms with Crippen molar-refractivity contribution in [3.8, 4) is 5.75 Å². The fourth-order valence-electron chi connectivity index (χ4n) is 3.86. The zero-order valence-electron chi connectivity index (χ0n) is 18.2. The van der Waals surface area contributed by atoms with Gasteiger partial charge >= 0.3 is 0 Å². The number of ether oxygens (including phenoxy) is 1. The summed E-state index contributed by atoms with van der Waals surface area (Å²) in [5.41, 5.74) is 3.63. The van der Waals surface area contributed by atoms with E-state index in [0.29, 0.717) is 42.3 Å². The molecule has 0 aliphatic carbocycles. The molecule has 1 heterocycles. The van der Waals surface area contributed by atoms with Crippen molar-refractivity contribution in [3.63, 3.8) is 0 Å². The molecule has 166 valence electrons. The molecule has 7 heteroatoms. The Morgan fingerprint density at radius 3 is 2.56 bits per heavy atom. The highest BCUT2D eigenvalue weighted by atomic mass is 32.2. The summed E-state index contributed by atoms with van der Waals surface area (Å²) < 4.78 is 33.5. The third-order valence-electron chi connectivity index (χ3n) is 5.45. The summed E-state index contributed by atoms with van der Waals surface area (Å²) in [6.45, 7) is 4.69.